The highest BCUT2D eigenvalue weighted by molar-refractivity contribution is 5.85. The number of anilines is 1. The third-order valence-corrected chi connectivity index (χ3v) is 4.82. The van der Waals surface area contributed by atoms with Gasteiger partial charge in [-0.05, 0) is 45.4 Å². The number of aryl methyl sites for hydroxylation is 1. The SMILES string of the molecule is Cc1ncc(-c2cnc(-c3ccc(N4CC[C@@H](NC(C)(C)C)C4)nn3)c(O)c2)o1.Cl.Cl. The molecule has 4 heterocycles. The molecule has 0 amide bonds. The lowest BCUT2D eigenvalue weighted by molar-refractivity contribution is 0.373. The van der Waals surface area contributed by atoms with E-state index in [0.29, 0.717) is 34.6 Å². The Morgan fingerprint density at radius 3 is 2.48 bits per heavy atom. The summed E-state index contributed by atoms with van der Waals surface area (Å²) >= 11 is 0. The molecule has 31 heavy (non-hydrogen) atoms. The van der Waals surface area contributed by atoms with Crippen LogP contribution in [0.25, 0.3) is 22.7 Å². The van der Waals surface area contributed by atoms with Crippen molar-refractivity contribution < 1.29 is 9.52 Å². The second kappa shape index (κ2) is 9.80. The van der Waals surface area contributed by atoms with Crippen molar-refractivity contribution in [2.45, 2.75) is 45.7 Å². The van der Waals surface area contributed by atoms with E-state index in [1.165, 1.54) is 0 Å². The minimum atomic E-state index is 0. The van der Waals surface area contributed by atoms with Crippen LogP contribution < -0.4 is 10.2 Å². The summed E-state index contributed by atoms with van der Waals surface area (Å²) in [5, 5.41) is 22.7. The second-order valence-electron chi connectivity index (χ2n) is 8.44. The van der Waals surface area contributed by atoms with Gasteiger partial charge in [0, 0.05) is 43.4 Å². The number of oxazole rings is 1. The maximum Gasteiger partial charge on any atom is 0.191 e. The summed E-state index contributed by atoms with van der Waals surface area (Å²) in [4.78, 5) is 10.6. The molecule has 2 N–H and O–H groups in total. The first-order chi connectivity index (χ1) is 13.8. The van der Waals surface area contributed by atoms with E-state index in [9.17, 15) is 5.11 Å². The van der Waals surface area contributed by atoms with Gasteiger partial charge >= 0.3 is 0 Å². The lowest BCUT2D eigenvalue weighted by atomic mass is 10.1. The van der Waals surface area contributed by atoms with E-state index < -0.39 is 0 Å². The van der Waals surface area contributed by atoms with Crippen LogP contribution in [0.1, 0.15) is 33.1 Å². The van der Waals surface area contributed by atoms with E-state index in [0.717, 1.165) is 25.3 Å². The van der Waals surface area contributed by atoms with Crippen LogP contribution in [-0.2, 0) is 0 Å². The highest BCUT2D eigenvalue weighted by Crippen LogP contribution is 2.31. The smallest absolute Gasteiger partial charge is 0.191 e. The van der Waals surface area contributed by atoms with Crippen molar-refractivity contribution in [3.63, 3.8) is 0 Å². The number of nitrogens with one attached hydrogen (secondary N) is 1. The Labute approximate surface area is 194 Å². The first-order valence-corrected chi connectivity index (χ1v) is 9.77. The van der Waals surface area contributed by atoms with Crippen molar-refractivity contribution in [2.75, 3.05) is 18.0 Å². The first-order valence-electron chi connectivity index (χ1n) is 9.77. The topological polar surface area (TPSA) is 100 Å². The van der Waals surface area contributed by atoms with Gasteiger partial charge in [-0.25, -0.2) is 9.97 Å². The van der Waals surface area contributed by atoms with Gasteiger partial charge in [0.2, 0.25) is 0 Å². The molecular formula is C21H28Cl2N6O2. The normalized spacial score (nSPS) is 16.0. The van der Waals surface area contributed by atoms with Gasteiger partial charge in [-0.2, -0.15) is 0 Å². The van der Waals surface area contributed by atoms with Gasteiger partial charge in [-0.3, -0.25) is 0 Å². The molecule has 1 saturated heterocycles. The first kappa shape index (κ1) is 24.8. The molecule has 1 aliphatic rings. The van der Waals surface area contributed by atoms with Crippen LogP contribution in [0.4, 0.5) is 5.82 Å². The molecule has 0 radical (unpaired) electrons. The fourth-order valence-electron chi connectivity index (χ4n) is 3.60. The largest absolute Gasteiger partial charge is 0.506 e. The molecular weight excluding hydrogens is 439 g/mol. The summed E-state index contributed by atoms with van der Waals surface area (Å²) in [6, 6.07) is 5.81. The summed E-state index contributed by atoms with van der Waals surface area (Å²) in [5.41, 5.74) is 1.66. The van der Waals surface area contributed by atoms with Gasteiger partial charge in [0.1, 0.15) is 17.1 Å². The van der Waals surface area contributed by atoms with E-state index in [4.69, 9.17) is 4.42 Å². The van der Waals surface area contributed by atoms with Crippen LogP contribution >= 0.6 is 24.8 Å². The summed E-state index contributed by atoms with van der Waals surface area (Å²) in [6.07, 6.45) is 4.32. The number of nitrogens with zero attached hydrogens (tertiary/aromatic N) is 5. The predicted molar refractivity (Wildman–Crippen MR) is 125 cm³/mol. The van der Waals surface area contributed by atoms with Crippen molar-refractivity contribution >= 4 is 30.6 Å². The monoisotopic (exact) mass is 466 g/mol. The van der Waals surface area contributed by atoms with Crippen molar-refractivity contribution in [3.8, 4) is 28.5 Å². The maximum absolute atomic E-state index is 10.4. The number of aromatic nitrogens is 4. The molecule has 0 bridgehead atoms. The average Bonchev–Trinajstić information content (AvgIpc) is 3.30. The summed E-state index contributed by atoms with van der Waals surface area (Å²) in [5.74, 6) is 1.98. The Balaban J connectivity index is 0.00000171. The summed E-state index contributed by atoms with van der Waals surface area (Å²) < 4.78 is 5.48. The fraction of sp³-hybridized carbons (Fsp3) is 0.429. The van der Waals surface area contributed by atoms with E-state index in [1.807, 2.05) is 12.1 Å². The number of halogens is 2. The summed E-state index contributed by atoms with van der Waals surface area (Å²) in [6.45, 7) is 10.1. The fourth-order valence-corrected chi connectivity index (χ4v) is 3.60. The van der Waals surface area contributed by atoms with Crippen LogP contribution in [0.2, 0.25) is 0 Å². The van der Waals surface area contributed by atoms with Crippen LogP contribution in [0.3, 0.4) is 0 Å². The van der Waals surface area contributed by atoms with E-state index in [-0.39, 0.29) is 36.1 Å². The molecule has 168 valence electrons. The third kappa shape index (κ3) is 5.84. The van der Waals surface area contributed by atoms with Crippen molar-refractivity contribution in [1.82, 2.24) is 25.5 Å². The number of hydrogen-bond donors (Lipinski definition) is 2. The zero-order chi connectivity index (χ0) is 20.6. The van der Waals surface area contributed by atoms with Crippen molar-refractivity contribution in [2.24, 2.45) is 0 Å². The van der Waals surface area contributed by atoms with Crippen LogP contribution in [0.15, 0.2) is 35.0 Å². The van der Waals surface area contributed by atoms with Gasteiger partial charge < -0.3 is 19.7 Å². The molecule has 1 atom stereocenters. The quantitative estimate of drug-likeness (QED) is 0.594. The number of rotatable bonds is 4. The molecule has 8 nitrogen and oxygen atoms in total. The Hall–Kier alpha value is -2.42. The van der Waals surface area contributed by atoms with Gasteiger partial charge in [0.25, 0.3) is 0 Å². The maximum atomic E-state index is 10.4. The minimum Gasteiger partial charge on any atom is -0.506 e. The molecule has 0 saturated carbocycles. The Morgan fingerprint density at radius 2 is 1.90 bits per heavy atom. The Bertz CT molecular complexity index is 1000. The third-order valence-electron chi connectivity index (χ3n) is 4.82. The lowest BCUT2D eigenvalue weighted by Crippen LogP contribution is -2.45. The zero-order valence-corrected chi connectivity index (χ0v) is 19.6. The number of aromatic hydroxyl groups is 1. The highest BCUT2D eigenvalue weighted by Gasteiger charge is 2.26. The van der Waals surface area contributed by atoms with Crippen molar-refractivity contribution in [3.05, 3.63) is 36.5 Å². The standard InChI is InChI=1S/C21H26N6O2.2ClH/c1-13-22-11-18(29-13)14-9-17(28)20(23-10-14)16-5-6-19(26-25-16)27-8-7-15(12-27)24-21(2,3)4;;/h5-6,9-11,15,24,28H,7-8,12H2,1-4H3;2*1H/t15-;;/m1../s1. The van der Waals surface area contributed by atoms with Crippen LogP contribution in [-0.4, -0.2) is 49.9 Å². The second-order valence-corrected chi connectivity index (χ2v) is 8.44. The summed E-state index contributed by atoms with van der Waals surface area (Å²) in [7, 11) is 0. The van der Waals surface area contributed by atoms with Gasteiger partial charge in [-0.15, -0.1) is 35.0 Å². The van der Waals surface area contributed by atoms with Gasteiger partial charge in [0.05, 0.1) is 6.20 Å². The van der Waals surface area contributed by atoms with Crippen LogP contribution in [0.5, 0.6) is 5.75 Å². The zero-order valence-electron chi connectivity index (χ0n) is 18.0. The molecule has 3 aromatic heterocycles. The van der Waals surface area contributed by atoms with Gasteiger partial charge in [0.15, 0.2) is 17.5 Å². The van der Waals surface area contributed by atoms with Gasteiger partial charge in [-0.1, -0.05) is 0 Å². The van der Waals surface area contributed by atoms with Crippen molar-refractivity contribution in [1.29, 1.82) is 0 Å². The average molecular weight is 467 g/mol. The Kier molecular flexibility index (Phi) is 7.86. The Morgan fingerprint density at radius 1 is 1.13 bits per heavy atom. The molecule has 1 fully saturated rings. The molecule has 0 spiro atoms. The molecule has 0 aliphatic carbocycles. The predicted octanol–water partition coefficient (Wildman–Crippen LogP) is 4.02. The van der Waals surface area contributed by atoms with Crippen LogP contribution in [0, 0.1) is 6.92 Å². The molecule has 0 unspecified atom stereocenters. The molecule has 10 heteroatoms. The molecule has 3 aromatic rings. The molecule has 0 aromatic carbocycles. The molecule has 4 rings (SSSR count). The highest BCUT2D eigenvalue weighted by atomic mass is 35.5. The minimum absolute atomic E-state index is 0. The lowest BCUT2D eigenvalue weighted by Gasteiger charge is -2.26. The number of pyridine rings is 1. The van der Waals surface area contributed by atoms with E-state index in [1.54, 1.807) is 25.4 Å². The number of hydrogen-bond acceptors (Lipinski definition) is 8. The van der Waals surface area contributed by atoms with E-state index >= 15 is 0 Å². The molecule has 1 aliphatic heterocycles. The van der Waals surface area contributed by atoms with E-state index in [2.05, 4.69) is 51.2 Å².